The van der Waals surface area contributed by atoms with E-state index in [4.69, 9.17) is 0 Å². The fourth-order valence-corrected chi connectivity index (χ4v) is 2.97. The lowest BCUT2D eigenvalue weighted by atomic mass is 10.1. The van der Waals surface area contributed by atoms with Gasteiger partial charge in [0.25, 0.3) is 0 Å². The fraction of sp³-hybridized carbons (Fsp3) is 0.125. The van der Waals surface area contributed by atoms with E-state index in [1.807, 2.05) is 36.4 Å². The van der Waals surface area contributed by atoms with Crippen molar-refractivity contribution < 1.29 is 9.18 Å². The number of anilines is 1. The van der Waals surface area contributed by atoms with Gasteiger partial charge in [-0.05, 0) is 54.0 Å². The predicted octanol–water partition coefficient (Wildman–Crippen LogP) is 5.63. The first-order valence-corrected chi connectivity index (χ1v) is 8.93. The molecule has 0 aromatic heterocycles. The van der Waals surface area contributed by atoms with Crippen LogP contribution in [0, 0.1) is 5.82 Å². The molecule has 3 rings (SSSR count). The van der Waals surface area contributed by atoms with Crippen molar-refractivity contribution in [3.8, 4) is 0 Å². The van der Waals surface area contributed by atoms with E-state index in [2.05, 4.69) is 29.2 Å². The normalized spacial score (nSPS) is 10.9. The van der Waals surface area contributed by atoms with Crippen molar-refractivity contribution >= 4 is 17.5 Å². The van der Waals surface area contributed by atoms with Crippen LogP contribution in [-0.2, 0) is 17.9 Å². The zero-order valence-corrected chi connectivity index (χ0v) is 15.3. The first-order valence-electron chi connectivity index (χ1n) is 8.93. The fourth-order valence-electron chi connectivity index (χ4n) is 2.97. The maximum atomic E-state index is 14.1. The molecule has 0 spiro atoms. The number of carbonyl (C=O) groups excluding carboxylic acids is 1. The van der Waals surface area contributed by atoms with Crippen molar-refractivity contribution in [2.24, 2.45) is 0 Å². The molecule has 0 unspecified atom stereocenters. The van der Waals surface area contributed by atoms with Gasteiger partial charge in [0.15, 0.2) is 5.78 Å². The van der Waals surface area contributed by atoms with Gasteiger partial charge in [-0.2, -0.15) is 0 Å². The minimum Gasteiger partial charge on any atom is -0.362 e. The quantitative estimate of drug-likeness (QED) is 0.509. The number of nitrogens with zero attached hydrogens (tertiary/aromatic N) is 1. The summed E-state index contributed by atoms with van der Waals surface area (Å²) in [5.74, 6) is -0.334. The Hall–Kier alpha value is -3.20. The molecule has 136 valence electrons. The van der Waals surface area contributed by atoms with Gasteiger partial charge in [-0.1, -0.05) is 60.7 Å². The maximum Gasteiger partial charge on any atom is 0.152 e. The minimum atomic E-state index is -0.295. The van der Waals surface area contributed by atoms with Crippen LogP contribution in [0.15, 0.2) is 84.9 Å². The Morgan fingerprint density at radius 1 is 0.889 bits per heavy atom. The van der Waals surface area contributed by atoms with E-state index >= 15 is 0 Å². The second-order valence-electron chi connectivity index (χ2n) is 6.47. The molecule has 27 heavy (non-hydrogen) atoms. The minimum absolute atomic E-state index is 0.0389. The number of ketones is 1. The molecule has 0 heterocycles. The topological polar surface area (TPSA) is 20.3 Å². The molecule has 0 saturated heterocycles. The van der Waals surface area contributed by atoms with Crippen LogP contribution >= 0.6 is 0 Å². The van der Waals surface area contributed by atoms with Gasteiger partial charge in [0.1, 0.15) is 5.82 Å². The number of carbonyl (C=O) groups is 1. The van der Waals surface area contributed by atoms with Crippen LogP contribution < -0.4 is 4.90 Å². The number of rotatable bonds is 7. The molecule has 0 bridgehead atoms. The summed E-state index contributed by atoms with van der Waals surface area (Å²) in [7, 11) is 0. The van der Waals surface area contributed by atoms with Crippen molar-refractivity contribution in [3.05, 3.63) is 107 Å². The zero-order chi connectivity index (χ0) is 19.1. The molecule has 0 saturated carbocycles. The number of hydrogen-bond donors (Lipinski definition) is 0. The molecule has 0 radical (unpaired) electrons. The molecule has 0 aliphatic carbocycles. The molecule has 0 amide bonds. The summed E-state index contributed by atoms with van der Waals surface area (Å²) in [6.07, 6.45) is 3.26. The summed E-state index contributed by atoms with van der Waals surface area (Å²) >= 11 is 0. The third kappa shape index (κ3) is 5.38. The van der Waals surface area contributed by atoms with Crippen LogP contribution in [0.4, 0.5) is 10.1 Å². The van der Waals surface area contributed by atoms with E-state index in [1.165, 1.54) is 25.1 Å². The lowest BCUT2D eigenvalue weighted by molar-refractivity contribution is -0.112. The van der Waals surface area contributed by atoms with Crippen LogP contribution in [0.3, 0.4) is 0 Å². The van der Waals surface area contributed by atoms with Crippen molar-refractivity contribution in [3.63, 3.8) is 0 Å². The lowest BCUT2D eigenvalue weighted by Gasteiger charge is -2.27. The maximum absolute atomic E-state index is 14.1. The Kier molecular flexibility index (Phi) is 6.16. The second-order valence-corrected chi connectivity index (χ2v) is 6.47. The second kappa shape index (κ2) is 8.95. The molecular formula is C24H22FNO. The standard InChI is InChI=1S/C24H22FNO/c1-19(27)12-13-22-14-15-23(25)16-24(22)26(17-20-8-4-2-5-9-20)18-21-10-6-3-7-11-21/h2-16H,17-18H2,1H3/b13-12+. The summed E-state index contributed by atoms with van der Waals surface area (Å²) in [5.41, 5.74) is 3.86. The van der Waals surface area contributed by atoms with Crippen LogP contribution in [0.25, 0.3) is 6.08 Å². The van der Waals surface area contributed by atoms with Gasteiger partial charge in [-0.25, -0.2) is 4.39 Å². The van der Waals surface area contributed by atoms with Crippen LogP contribution in [0.1, 0.15) is 23.6 Å². The lowest BCUT2D eigenvalue weighted by Crippen LogP contribution is -2.23. The third-order valence-electron chi connectivity index (χ3n) is 4.26. The Morgan fingerprint density at radius 3 is 1.96 bits per heavy atom. The summed E-state index contributed by atoms with van der Waals surface area (Å²) < 4.78 is 14.1. The molecule has 3 aromatic rings. The Balaban J connectivity index is 2.01. The molecule has 0 N–H and O–H groups in total. The van der Waals surface area contributed by atoms with E-state index < -0.39 is 0 Å². The van der Waals surface area contributed by atoms with Crippen molar-refractivity contribution in [1.29, 1.82) is 0 Å². The van der Waals surface area contributed by atoms with Crippen molar-refractivity contribution in [2.45, 2.75) is 20.0 Å². The monoisotopic (exact) mass is 359 g/mol. The first kappa shape index (κ1) is 18.6. The van der Waals surface area contributed by atoms with E-state index in [9.17, 15) is 9.18 Å². The van der Waals surface area contributed by atoms with Gasteiger partial charge in [0.2, 0.25) is 0 Å². The van der Waals surface area contributed by atoms with E-state index in [0.717, 1.165) is 22.4 Å². The van der Waals surface area contributed by atoms with Crippen molar-refractivity contribution in [1.82, 2.24) is 0 Å². The average molecular weight is 359 g/mol. The average Bonchev–Trinajstić information content (AvgIpc) is 2.68. The number of benzene rings is 3. The molecule has 0 atom stereocenters. The number of allylic oxidation sites excluding steroid dienone is 1. The Morgan fingerprint density at radius 2 is 1.44 bits per heavy atom. The molecular weight excluding hydrogens is 337 g/mol. The SMILES string of the molecule is CC(=O)/C=C/c1ccc(F)cc1N(Cc1ccccc1)Cc1ccccc1. The smallest absolute Gasteiger partial charge is 0.152 e. The van der Waals surface area contributed by atoms with Gasteiger partial charge >= 0.3 is 0 Å². The summed E-state index contributed by atoms with van der Waals surface area (Å²) in [5, 5.41) is 0. The molecule has 0 fully saturated rings. The van der Waals surface area contributed by atoms with E-state index in [1.54, 1.807) is 12.1 Å². The summed E-state index contributed by atoms with van der Waals surface area (Å²) in [6, 6.07) is 24.9. The van der Waals surface area contributed by atoms with Crippen LogP contribution in [-0.4, -0.2) is 5.78 Å². The largest absolute Gasteiger partial charge is 0.362 e. The van der Waals surface area contributed by atoms with Gasteiger partial charge in [-0.3, -0.25) is 4.79 Å². The van der Waals surface area contributed by atoms with Crippen LogP contribution in [0.2, 0.25) is 0 Å². The highest BCUT2D eigenvalue weighted by Crippen LogP contribution is 2.27. The van der Waals surface area contributed by atoms with Gasteiger partial charge < -0.3 is 4.90 Å². The van der Waals surface area contributed by atoms with Gasteiger partial charge in [0, 0.05) is 18.8 Å². The molecule has 0 aliphatic rings. The molecule has 0 aliphatic heterocycles. The summed E-state index contributed by atoms with van der Waals surface area (Å²) in [6.45, 7) is 2.78. The predicted molar refractivity (Wildman–Crippen MR) is 109 cm³/mol. The van der Waals surface area contributed by atoms with E-state index in [0.29, 0.717) is 13.1 Å². The molecule has 2 nitrogen and oxygen atoms in total. The third-order valence-corrected chi connectivity index (χ3v) is 4.26. The highest BCUT2D eigenvalue weighted by molar-refractivity contribution is 5.92. The van der Waals surface area contributed by atoms with Crippen molar-refractivity contribution in [2.75, 3.05) is 4.90 Å². The number of hydrogen-bond acceptors (Lipinski definition) is 2. The summed E-state index contributed by atoms with van der Waals surface area (Å²) in [4.78, 5) is 13.5. The van der Waals surface area contributed by atoms with Crippen LogP contribution in [0.5, 0.6) is 0 Å². The first-order chi connectivity index (χ1) is 13.1. The van der Waals surface area contributed by atoms with Gasteiger partial charge in [-0.15, -0.1) is 0 Å². The highest BCUT2D eigenvalue weighted by Gasteiger charge is 2.13. The highest BCUT2D eigenvalue weighted by atomic mass is 19.1. The molecule has 3 heteroatoms. The Bertz CT molecular complexity index is 878. The Labute approximate surface area is 159 Å². The zero-order valence-electron chi connectivity index (χ0n) is 15.3. The molecule has 3 aromatic carbocycles. The van der Waals surface area contributed by atoms with Gasteiger partial charge in [0.05, 0.1) is 0 Å². The van der Waals surface area contributed by atoms with E-state index in [-0.39, 0.29) is 11.6 Å². The number of halogens is 1.